The molecule has 0 aliphatic heterocycles. The third kappa shape index (κ3) is 12.6. The summed E-state index contributed by atoms with van der Waals surface area (Å²) in [6.45, 7) is 3.74. The molecule has 8 N–H and O–H groups in total. The summed E-state index contributed by atoms with van der Waals surface area (Å²) in [5, 5.41) is 17.3. The molecule has 0 fully saturated rings. The fraction of sp³-hybridized carbons (Fsp3) is 0.560. The van der Waals surface area contributed by atoms with E-state index in [0.717, 1.165) is 5.56 Å². The maximum absolute atomic E-state index is 13.3. The summed E-state index contributed by atoms with van der Waals surface area (Å²) >= 11 is 1.46. The van der Waals surface area contributed by atoms with Gasteiger partial charge in [-0.3, -0.25) is 19.2 Å². The molecule has 0 radical (unpaired) electrons. The van der Waals surface area contributed by atoms with Crippen LogP contribution in [0.3, 0.4) is 0 Å². The maximum Gasteiger partial charge on any atom is 0.326 e. The number of nitrogens with one attached hydrogen (secondary N) is 3. The topological polar surface area (TPSA) is 194 Å². The van der Waals surface area contributed by atoms with Gasteiger partial charge < -0.3 is 32.5 Å². The number of benzene rings is 1. The average Bonchev–Trinajstić information content (AvgIpc) is 2.84. The van der Waals surface area contributed by atoms with Crippen molar-refractivity contribution in [1.29, 1.82) is 0 Å². The standard InChI is InChI=1S/C25H39N5O6S/c1-15(2)13-19(23(33)28-18(25(35)36)11-12-37-3)30-24(34)20(14-16-7-5-4-6-8-16)29-22(32)17(26)9-10-21(27)31/h4-8,15,17-20H,9-14,26H2,1-3H3,(H2,27,31)(H,28,33)(H,29,32)(H,30,34)(H,35,36). The number of primary amides is 1. The minimum absolute atomic E-state index is 0.00918. The van der Waals surface area contributed by atoms with Crippen LogP contribution in [0.4, 0.5) is 0 Å². The van der Waals surface area contributed by atoms with Crippen molar-refractivity contribution in [2.75, 3.05) is 12.0 Å². The maximum atomic E-state index is 13.3. The minimum Gasteiger partial charge on any atom is -0.480 e. The highest BCUT2D eigenvalue weighted by Gasteiger charge is 2.30. The number of hydrogen-bond acceptors (Lipinski definition) is 7. The van der Waals surface area contributed by atoms with Crippen molar-refractivity contribution >= 4 is 41.4 Å². The number of aliphatic carboxylic acids is 1. The van der Waals surface area contributed by atoms with E-state index in [1.54, 1.807) is 24.3 Å². The third-order valence-corrected chi connectivity index (χ3v) is 6.16. The quantitative estimate of drug-likeness (QED) is 0.162. The molecule has 0 saturated carbocycles. The van der Waals surface area contributed by atoms with Crippen LogP contribution in [-0.4, -0.2) is 70.9 Å². The first-order chi connectivity index (χ1) is 17.4. The van der Waals surface area contributed by atoms with Gasteiger partial charge in [-0.2, -0.15) is 11.8 Å². The van der Waals surface area contributed by atoms with Gasteiger partial charge in [0.1, 0.15) is 18.1 Å². The second-order valence-electron chi connectivity index (χ2n) is 9.23. The molecule has 4 atom stereocenters. The van der Waals surface area contributed by atoms with Crippen molar-refractivity contribution in [1.82, 2.24) is 16.0 Å². The predicted octanol–water partition coefficient (Wildman–Crippen LogP) is 0.160. The number of nitrogens with two attached hydrogens (primary N) is 2. The van der Waals surface area contributed by atoms with E-state index in [4.69, 9.17) is 11.5 Å². The normalized spacial score (nSPS) is 14.2. The van der Waals surface area contributed by atoms with Crippen molar-refractivity contribution in [3.63, 3.8) is 0 Å². The van der Waals surface area contributed by atoms with E-state index in [1.807, 2.05) is 26.2 Å². The molecular weight excluding hydrogens is 498 g/mol. The van der Waals surface area contributed by atoms with Gasteiger partial charge in [-0.05, 0) is 42.8 Å². The van der Waals surface area contributed by atoms with E-state index in [-0.39, 0.29) is 38.0 Å². The molecule has 0 aliphatic carbocycles. The largest absolute Gasteiger partial charge is 0.480 e. The number of rotatable bonds is 17. The van der Waals surface area contributed by atoms with Gasteiger partial charge >= 0.3 is 5.97 Å². The zero-order chi connectivity index (χ0) is 28.0. The molecule has 0 bridgehead atoms. The highest BCUT2D eigenvalue weighted by molar-refractivity contribution is 7.98. The summed E-state index contributed by atoms with van der Waals surface area (Å²) in [7, 11) is 0. The summed E-state index contributed by atoms with van der Waals surface area (Å²) in [6, 6.07) is 4.76. The Morgan fingerprint density at radius 2 is 1.46 bits per heavy atom. The molecule has 4 unspecified atom stereocenters. The van der Waals surface area contributed by atoms with Crippen LogP contribution in [0.2, 0.25) is 0 Å². The van der Waals surface area contributed by atoms with E-state index in [9.17, 15) is 29.1 Å². The summed E-state index contributed by atoms with van der Waals surface area (Å²) in [5.74, 6) is -3.06. The van der Waals surface area contributed by atoms with Gasteiger partial charge in [0, 0.05) is 12.8 Å². The Kier molecular flexibility index (Phi) is 14.3. The van der Waals surface area contributed by atoms with Crippen LogP contribution >= 0.6 is 11.8 Å². The second-order valence-corrected chi connectivity index (χ2v) is 10.2. The number of carbonyl (C=O) groups excluding carboxylic acids is 4. The van der Waals surface area contributed by atoms with Crippen molar-refractivity contribution in [2.24, 2.45) is 17.4 Å². The third-order valence-electron chi connectivity index (χ3n) is 5.52. The second kappa shape index (κ2) is 16.6. The molecular formula is C25H39N5O6S. The monoisotopic (exact) mass is 537 g/mol. The van der Waals surface area contributed by atoms with Gasteiger partial charge in [-0.15, -0.1) is 0 Å². The Morgan fingerprint density at radius 3 is 2.00 bits per heavy atom. The summed E-state index contributed by atoms with van der Waals surface area (Å²) in [5.41, 5.74) is 11.8. The molecule has 1 aromatic rings. The Labute approximate surface area is 221 Å². The van der Waals surface area contributed by atoms with Gasteiger partial charge in [0.25, 0.3) is 0 Å². The summed E-state index contributed by atoms with van der Waals surface area (Å²) in [4.78, 5) is 61.6. The smallest absolute Gasteiger partial charge is 0.326 e. The zero-order valence-electron chi connectivity index (χ0n) is 21.6. The molecule has 37 heavy (non-hydrogen) atoms. The molecule has 1 aromatic carbocycles. The SMILES string of the molecule is CSCCC(NC(=O)C(CC(C)C)NC(=O)C(Cc1ccccc1)NC(=O)C(N)CCC(N)=O)C(=O)O. The van der Waals surface area contributed by atoms with Gasteiger partial charge in [-0.25, -0.2) is 4.79 Å². The van der Waals surface area contributed by atoms with Crippen LogP contribution in [0.5, 0.6) is 0 Å². The van der Waals surface area contributed by atoms with Crippen LogP contribution in [0, 0.1) is 5.92 Å². The number of carboxylic acids is 1. The van der Waals surface area contributed by atoms with Crippen LogP contribution < -0.4 is 27.4 Å². The highest BCUT2D eigenvalue weighted by Crippen LogP contribution is 2.10. The summed E-state index contributed by atoms with van der Waals surface area (Å²) < 4.78 is 0. The number of amides is 4. The lowest BCUT2D eigenvalue weighted by Gasteiger charge is -2.26. The Balaban J connectivity index is 3.07. The van der Waals surface area contributed by atoms with Crippen molar-refractivity contribution in [3.05, 3.63) is 35.9 Å². The van der Waals surface area contributed by atoms with Crippen molar-refractivity contribution in [2.45, 2.75) is 70.1 Å². The molecule has 11 nitrogen and oxygen atoms in total. The molecule has 0 saturated heterocycles. The predicted molar refractivity (Wildman–Crippen MR) is 142 cm³/mol. The van der Waals surface area contributed by atoms with Crippen molar-refractivity contribution in [3.8, 4) is 0 Å². The van der Waals surface area contributed by atoms with Crippen LogP contribution in [0.25, 0.3) is 0 Å². The van der Waals surface area contributed by atoms with Gasteiger partial charge in [-0.1, -0.05) is 44.2 Å². The van der Waals surface area contributed by atoms with Gasteiger partial charge in [0.05, 0.1) is 6.04 Å². The van der Waals surface area contributed by atoms with Crippen LogP contribution in [-0.2, 0) is 30.4 Å². The number of hydrogen-bond donors (Lipinski definition) is 6. The molecule has 206 valence electrons. The number of carbonyl (C=O) groups is 5. The highest BCUT2D eigenvalue weighted by atomic mass is 32.2. The fourth-order valence-electron chi connectivity index (χ4n) is 3.51. The van der Waals surface area contributed by atoms with E-state index in [2.05, 4.69) is 16.0 Å². The molecule has 1 rings (SSSR count). The van der Waals surface area contributed by atoms with E-state index in [0.29, 0.717) is 5.75 Å². The van der Waals surface area contributed by atoms with Crippen LogP contribution in [0.15, 0.2) is 30.3 Å². The minimum atomic E-state index is -1.16. The molecule has 0 aromatic heterocycles. The molecule has 0 spiro atoms. The van der Waals surface area contributed by atoms with Crippen LogP contribution in [0.1, 0.15) is 45.1 Å². The Morgan fingerprint density at radius 1 is 0.892 bits per heavy atom. The fourth-order valence-corrected chi connectivity index (χ4v) is 3.98. The molecule has 0 heterocycles. The molecule has 4 amide bonds. The van der Waals surface area contributed by atoms with Crippen molar-refractivity contribution < 1.29 is 29.1 Å². The first-order valence-electron chi connectivity index (χ1n) is 12.1. The molecule has 0 aliphatic rings. The van der Waals surface area contributed by atoms with E-state index >= 15 is 0 Å². The number of thioether (sulfide) groups is 1. The zero-order valence-corrected chi connectivity index (χ0v) is 22.4. The Hall–Kier alpha value is -3.12. The lowest BCUT2D eigenvalue weighted by molar-refractivity contribution is -0.142. The van der Waals surface area contributed by atoms with Gasteiger partial charge in [0.2, 0.25) is 23.6 Å². The first kappa shape index (κ1) is 31.9. The lowest BCUT2D eigenvalue weighted by atomic mass is 10.00. The van der Waals surface area contributed by atoms with E-state index in [1.165, 1.54) is 11.8 Å². The number of carboxylic acid groups (broad SMARTS) is 1. The first-order valence-corrected chi connectivity index (χ1v) is 13.5. The summed E-state index contributed by atoms with van der Waals surface area (Å²) in [6.07, 6.45) is 2.40. The Bertz CT molecular complexity index is 914. The van der Waals surface area contributed by atoms with Gasteiger partial charge in [0.15, 0.2) is 0 Å². The van der Waals surface area contributed by atoms with E-state index < -0.39 is 53.8 Å². The average molecular weight is 538 g/mol. The molecule has 12 heteroatoms. The lowest BCUT2D eigenvalue weighted by Crippen LogP contribution is -2.58.